The van der Waals surface area contributed by atoms with E-state index in [2.05, 4.69) is 10.3 Å². The van der Waals surface area contributed by atoms with E-state index in [0.29, 0.717) is 10.6 Å². The maximum absolute atomic E-state index is 12.9. The second kappa shape index (κ2) is 5.88. The SMILES string of the molecule is O=C(Nc1cc(C(F)(F)F)ccc1-n1ccnc1)c1cccs1. The van der Waals surface area contributed by atoms with Gasteiger partial charge < -0.3 is 9.88 Å². The number of halogens is 3. The minimum Gasteiger partial charge on any atom is -0.319 e. The summed E-state index contributed by atoms with van der Waals surface area (Å²) in [7, 11) is 0. The summed E-state index contributed by atoms with van der Waals surface area (Å²) >= 11 is 1.21. The van der Waals surface area contributed by atoms with Crippen molar-refractivity contribution in [1.82, 2.24) is 9.55 Å². The first-order chi connectivity index (χ1) is 10.9. The molecule has 3 rings (SSSR count). The van der Waals surface area contributed by atoms with E-state index in [4.69, 9.17) is 0 Å². The molecule has 0 aliphatic heterocycles. The van der Waals surface area contributed by atoms with Crippen molar-refractivity contribution in [3.63, 3.8) is 0 Å². The van der Waals surface area contributed by atoms with Gasteiger partial charge in [-0.05, 0) is 29.6 Å². The topological polar surface area (TPSA) is 46.9 Å². The van der Waals surface area contributed by atoms with Gasteiger partial charge in [0.15, 0.2) is 0 Å². The zero-order chi connectivity index (χ0) is 16.4. The quantitative estimate of drug-likeness (QED) is 0.778. The molecule has 3 aromatic rings. The van der Waals surface area contributed by atoms with Crippen LogP contribution < -0.4 is 5.32 Å². The number of carbonyl (C=O) groups excluding carboxylic acids is 1. The van der Waals surface area contributed by atoms with Crippen LogP contribution in [0.5, 0.6) is 0 Å². The summed E-state index contributed by atoms with van der Waals surface area (Å²) in [6, 6.07) is 6.48. The van der Waals surface area contributed by atoms with Gasteiger partial charge in [-0.25, -0.2) is 4.98 Å². The second-order valence-electron chi connectivity index (χ2n) is 4.63. The molecule has 0 unspecified atom stereocenters. The van der Waals surface area contributed by atoms with Gasteiger partial charge in [-0.15, -0.1) is 11.3 Å². The molecule has 0 radical (unpaired) electrons. The lowest BCUT2D eigenvalue weighted by Gasteiger charge is -2.14. The molecule has 2 heterocycles. The molecule has 118 valence electrons. The molecule has 0 aliphatic carbocycles. The monoisotopic (exact) mass is 337 g/mol. The lowest BCUT2D eigenvalue weighted by Crippen LogP contribution is -2.14. The lowest BCUT2D eigenvalue weighted by molar-refractivity contribution is -0.137. The number of hydrogen-bond acceptors (Lipinski definition) is 3. The second-order valence-corrected chi connectivity index (χ2v) is 5.58. The first-order valence-electron chi connectivity index (χ1n) is 6.49. The Kier molecular flexibility index (Phi) is 3.91. The van der Waals surface area contributed by atoms with Crippen molar-refractivity contribution in [2.24, 2.45) is 0 Å². The average molecular weight is 337 g/mol. The summed E-state index contributed by atoms with van der Waals surface area (Å²) in [6.45, 7) is 0. The zero-order valence-corrected chi connectivity index (χ0v) is 12.4. The van der Waals surface area contributed by atoms with E-state index < -0.39 is 17.6 Å². The summed E-state index contributed by atoms with van der Waals surface area (Å²) in [5, 5.41) is 4.26. The van der Waals surface area contributed by atoms with Gasteiger partial charge in [0.2, 0.25) is 0 Å². The molecule has 23 heavy (non-hydrogen) atoms. The number of nitrogens with one attached hydrogen (secondary N) is 1. The van der Waals surface area contributed by atoms with E-state index in [-0.39, 0.29) is 5.69 Å². The van der Waals surface area contributed by atoms with Crippen LogP contribution in [-0.4, -0.2) is 15.5 Å². The van der Waals surface area contributed by atoms with Crippen molar-refractivity contribution >= 4 is 22.9 Å². The Balaban J connectivity index is 2.02. The predicted octanol–water partition coefficient (Wildman–Crippen LogP) is 4.20. The van der Waals surface area contributed by atoms with E-state index in [1.807, 2.05) is 0 Å². The van der Waals surface area contributed by atoms with Crippen molar-refractivity contribution in [2.45, 2.75) is 6.18 Å². The van der Waals surface area contributed by atoms with Gasteiger partial charge in [-0.3, -0.25) is 4.79 Å². The molecule has 0 saturated carbocycles. The van der Waals surface area contributed by atoms with Crippen LogP contribution in [0.4, 0.5) is 18.9 Å². The van der Waals surface area contributed by atoms with Crippen LogP contribution in [-0.2, 0) is 6.18 Å². The number of carbonyl (C=O) groups is 1. The number of benzene rings is 1. The molecule has 0 bridgehead atoms. The molecule has 4 nitrogen and oxygen atoms in total. The summed E-state index contributed by atoms with van der Waals surface area (Å²) in [5.74, 6) is -0.458. The zero-order valence-electron chi connectivity index (χ0n) is 11.5. The number of anilines is 1. The van der Waals surface area contributed by atoms with Crippen LogP contribution in [0, 0.1) is 0 Å². The van der Waals surface area contributed by atoms with Crippen molar-refractivity contribution in [3.8, 4) is 5.69 Å². The molecule has 1 N–H and O–H groups in total. The number of nitrogens with zero attached hydrogens (tertiary/aromatic N) is 2. The number of hydrogen-bond donors (Lipinski definition) is 1. The van der Waals surface area contributed by atoms with Gasteiger partial charge in [0, 0.05) is 12.4 Å². The van der Waals surface area contributed by atoms with Crippen LogP contribution in [0.1, 0.15) is 15.2 Å². The normalized spacial score (nSPS) is 11.4. The summed E-state index contributed by atoms with van der Waals surface area (Å²) in [4.78, 5) is 16.4. The van der Waals surface area contributed by atoms with E-state index in [1.165, 1.54) is 34.5 Å². The van der Waals surface area contributed by atoms with Crippen LogP contribution in [0.25, 0.3) is 5.69 Å². The highest BCUT2D eigenvalue weighted by Crippen LogP contribution is 2.33. The van der Waals surface area contributed by atoms with Crippen molar-refractivity contribution < 1.29 is 18.0 Å². The summed E-state index contributed by atoms with van der Waals surface area (Å²) in [6.07, 6.45) is 0.0468. The molecular formula is C15H10F3N3OS. The molecule has 1 aromatic carbocycles. The first kappa shape index (κ1) is 15.3. The summed E-state index contributed by atoms with van der Waals surface area (Å²) in [5.41, 5.74) is -0.362. The average Bonchev–Trinajstić information content (AvgIpc) is 3.20. The van der Waals surface area contributed by atoms with Gasteiger partial charge in [-0.2, -0.15) is 13.2 Å². The number of rotatable bonds is 3. The smallest absolute Gasteiger partial charge is 0.319 e. The fraction of sp³-hybridized carbons (Fsp3) is 0.0667. The van der Waals surface area contributed by atoms with Crippen molar-refractivity contribution in [3.05, 3.63) is 64.9 Å². The Hall–Kier alpha value is -2.61. The van der Waals surface area contributed by atoms with Gasteiger partial charge in [0.05, 0.1) is 28.1 Å². The van der Waals surface area contributed by atoms with Gasteiger partial charge >= 0.3 is 6.18 Å². The number of alkyl halides is 3. The fourth-order valence-corrected chi connectivity index (χ4v) is 2.65. The highest BCUT2D eigenvalue weighted by atomic mass is 32.1. The highest BCUT2D eigenvalue weighted by Gasteiger charge is 2.31. The first-order valence-corrected chi connectivity index (χ1v) is 7.37. The fourth-order valence-electron chi connectivity index (χ4n) is 2.03. The van der Waals surface area contributed by atoms with E-state index in [9.17, 15) is 18.0 Å². The van der Waals surface area contributed by atoms with Crippen molar-refractivity contribution in [2.75, 3.05) is 5.32 Å². The van der Waals surface area contributed by atoms with Crippen LogP contribution in [0.3, 0.4) is 0 Å². The summed E-state index contributed by atoms with van der Waals surface area (Å²) < 4.78 is 40.3. The molecule has 2 aromatic heterocycles. The molecule has 0 saturated heterocycles. The molecule has 0 fully saturated rings. The third-order valence-corrected chi connectivity index (χ3v) is 3.97. The van der Waals surface area contributed by atoms with Crippen molar-refractivity contribution in [1.29, 1.82) is 0 Å². The van der Waals surface area contributed by atoms with Gasteiger partial charge in [0.1, 0.15) is 0 Å². The van der Waals surface area contributed by atoms with E-state index in [0.717, 1.165) is 12.1 Å². The Labute approximate surface area is 133 Å². The predicted molar refractivity (Wildman–Crippen MR) is 80.8 cm³/mol. The number of amides is 1. The maximum atomic E-state index is 12.9. The Morgan fingerprint density at radius 1 is 1.26 bits per heavy atom. The molecule has 0 spiro atoms. The van der Waals surface area contributed by atoms with Crippen LogP contribution >= 0.6 is 11.3 Å². The van der Waals surface area contributed by atoms with Crippen LogP contribution in [0.2, 0.25) is 0 Å². The molecular weight excluding hydrogens is 327 g/mol. The molecule has 0 atom stereocenters. The van der Waals surface area contributed by atoms with E-state index in [1.54, 1.807) is 23.7 Å². The number of thiophene rings is 1. The van der Waals surface area contributed by atoms with E-state index >= 15 is 0 Å². The highest BCUT2D eigenvalue weighted by molar-refractivity contribution is 7.12. The van der Waals surface area contributed by atoms with Gasteiger partial charge in [0.25, 0.3) is 5.91 Å². The minimum atomic E-state index is -4.49. The Morgan fingerprint density at radius 3 is 2.70 bits per heavy atom. The molecule has 8 heteroatoms. The number of aromatic nitrogens is 2. The third kappa shape index (κ3) is 3.26. The van der Waals surface area contributed by atoms with Gasteiger partial charge in [-0.1, -0.05) is 6.07 Å². The Bertz CT molecular complexity index is 811. The third-order valence-electron chi connectivity index (χ3n) is 3.10. The largest absolute Gasteiger partial charge is 0.416 e. The van der Waals surface area contributed by atoms with Crippen LogP contribution in [0.15, 0.2) is 54.4 Å². The lowest BCUT2D eigenvalue weighted by atomic mass is 10.1. The maximum Gasteiger partial charge on any atom is 0.416 e. The molecule has 0 aliphatic rings. The Morgan fingerprint density at radius 2 is 2.09 bits per heavy atom. The minimum absolute atomic E-state index is 0.0659. The number of imidazole rings is 1. The standard InChI is InChI=1S/C15H10F3N3OS/c16-15(17,18)10-3-4-12(21-6-5-19-9-21)11(8-10)20-14(22)13-2-1-7-23-13/h1-9H,(H,20,22). The molecule has 1 amide bonds.